The van der Waals surface area contributed by atoms with Crippen LogP contribution in [0, 0.1) is 10.1 Å². The molecule has 8 heteroatoms. The molecule has 2 rings (SSSR count). The minimum absolute atomic E-state index is 0.000797. The Morgan fingerprint density at radius 1 is 1.14 bits per heavy atom. The van der Waals surface area contributed by atoms with Crippen LogP contribution in [0.4, 0.5) is 10.5 Å². The number of carbonyl (C=O) groups excluding carboxylic acids is 1. The molecule has 112 valence electrons. The Hall–Kier alpha value is -3.42. The molecule has 0 aromatic heterocycles. The van der Waals surface area contributed by atoms with Crippen molar-refractivity contribution in [3.63, 3.8) is 0 Å². The lowest BCUT2D eigenvalue weighted by atomic mass is 10.2. The van der Waals surface area contributed by atoms with Crippen LogP contribution in [0.15, 0.2) is 53.6 Å². The summed E-state index contributed by atoms with van der Waals surface area (Å²) in [7, 11) is 0. The topological polar surface area (TPSA) is 120 Å². The Labute approximate surface area is 125 Å². The Bertz CT molecular complexity index is 696. The van der Waals surface area contributed by atoms with Crippen molar-refractivity contribution in [1.82, 2.24) is 5.43 Å². The summed E-state index contributed by atoms with van der Waals surface area (Å²) in [6.07, 6.45) is 1.43. The third kappa shape index (κ3) is 4.30. The summed E-state index contributed by atoms with van der Waals surface area (Å²) >= 11 is 0. The zero-order chi connectivity index (χ0) is 15.9. The first-order chi connectivity index (χ1) is 10.5. The van der Waals surface area contributed by atoms with Gasteiger partial charge in [0.2, 0.25) is 0 Å². The molecule has 0 unspecified atom stereocenters. The second-order valence-electron chi connectivity index (χ2n) is 4.16. The van der Waals surface area contributed by atoms with Gasteiger partial charge in [-0.05, 0) is 42.0 Å². The third-order valence-corrected chi connectivity index (χ3v) is 2.55. The van der Waals surface area contributed by atoms with Crippen molar-refractivity contribution in [3.05, 3.63) is 64.2 Å². The highest BCUT2D eigenvalue weighted by Crippen LogP contribution is 2.23. The molecule has 3 N–H and O–H groups in total. The molecule has 0 aliphatic heterocycles. The molecule has 2 aromatic carbocycles. The van der Waals surface area contributed by atoms with Crippen LogP contribution in [0.2, 0.25) is 0 Å². The molecule has 0 fully saturated rings. The van der Waals surface area contributed by atoms with Gasteiger partial charge < -0.3 is 10.5 Å². The number of nitro benzene ring substituents is 1. The molecular weight excluding hydrogens is 288 g/mol. The predicted octanol–water partition coefficient (Wildman–Crippen LogP) is 2.39. The number of ether oxygens (including phenoxy) is 1. The lowest BCUT2D eigenvalue weighted by Gasteiger charge is -2.05. The van der Waals surface area contributed by atoms with Crippen LogP contribution in [-0.4, -0.2) is 17.2 Å². The van der Waals surface area contributed by atoms with E-state index in [9.17, 15) is 14.9 Å². The number of amides is 2. The number of nitrogens with two attached hydrogens (primary N) is 1. The average molecular weight is 300 g/mol. The van der Waals surface area contributed by atoms with E-state index in [1.165, 1.54) is 30.5 Å². The van der Waals surface area contributed by atoms with Crippen LogP contribution in [0.3, 0.4) is 0 Å². The Kier molecular flexibility index (Phi) is 4.66. The number of urea groups is 1. The highest BCUT2D eigenvalue weighted by Gasteiger charge is 2.04. The van der Waals surface area contributed by atoms with E-state index in [-0.39, 0.29) is 5.69 Å². The van der Waals surface area contributed by atoms with Gasteiger partial charge in [-0.25, -0.2) is 10.2 Å². The lowest BCUT2D eigenvalue weighted by molar-refractivity contribution is -0.384. The third-order valence-electron chi connectivity index (χ3n) is 2.55. The number of nitrogens with zero attached hydrogens (tertiary/aromatic N) is 2. The first-order valence-corrected chi connectivity index (χ1v) is 6.15. The molecule has 0 saturated heterocycles. The maximum atomic E-state index is 10.6. The average Bonchev–Trinajstić information content (AvgIpc) is 2.49. The highest BCUT2D eigenvalue weighted by molar-refractivity contribution is 5.81. The predicted molar refractivity (Wildman–Crippen MR) is 79.9 cm³/mol. The maximum absolute atomic E-state index is 10.6. The van der Waals surface area contributed by atoms with E-state index >= 15 is 0 Å². The van der Waals surface area contributed by atoms with Crippen molar-refractivity contribution in [1.29, 1.82) is 0 Å². The molecule has 0 saturated carbocycles. The molecule has 22 heavy (non-hydrogen) atoms. The van der Waals surface area contributed by atoms with Crippen molar-refractivity contribution < 1.29 is 14.5 Å². The zero-order valence-electron chi connectivity index (χ0n) is 11.3. The van der Waals surface area contributed by atoms with Crippen molar-refractivity contribution in [2.45, 2.75) is 0 Å². The van der Waals surface area contributed by atoms with Gasteiger partial charge >= 0.3 is 6.03 Å². The van der Waals surface area contributed by atoms with Crippen LogP contribution in [-0.2, 0) is 0 Å². The largest absolute Gasteiger partial charge is 0.457 e. The van der Waals surface area contributed by atoms with Crippen molar-refractivity contribution in [3.8, 4) is 11.5 Å². The minimum atomic E-state index is -0.741. The van der Waals surface area contributed by atoms with Gasteiger partial charge in [-0.2, -0.15) is 5.10 Å². The van der Waals surface area contributed by atoms with Gasteiger partial charge in [0.05, 0.1) is 11.1 Å². The fourth-order valence-corrected chi connectivity index (χ4v) is 1.56. The van der Waals surface area contributed by atoms with Crippen LogP contribution in [0.25, 0.3) is 0 Å². The van der Waals surface area contributed by atoms with E-state index in [2.05, 4.69) is 10.5 Å². The summed E-state index contributed by atoms with van der Waals surface area (Å²) in [6, 6.07) is 11.9. The van der Waals surface area contributed by atoms with E-state index in [1.807, 2.05) is 0 Å². The highest BCUT2D eigenvalue weighted by atomic mass is 16.6. The Balaban J connectivity index is 2.00. The van der Waals surface area contributed by atoms with Crippen LogP contribution in [0.5, 0.6) is 11.5 Å². The fourth-order valence-electron chi connectivity index (χ4n) is 1.56. The van der Waals surface area contributed by atoms with E-state index in [1.54, 1.807) is 24.3 Å². The number of primary amides is 1. The normalized spacial score (nSPS) is 10.4. The maximum Gasteiger partial charge on any atom is 0.332 e. The minimum Gasteiger partial charge on any atom is -0.457 e. The first kappa shape index (κ1) is 15.0. The number of nitro groups is 1. The summed E-state index contributed by atoms with van der Waals surface area (Å²) in [5, 5.41) is 14.2. The lowest BCUT2D eigenvalue weighted by Crippen LogP contribution is -2.24. The van der Waals surface area contributed by atoms with Gasteiger partial charge in [0.1, 0.15) is 11.5 Å². The van der Waals surface area contributed by atoms with Gasteiger partial charge in [0, 0.05) is 12.1 Å². The number of nitrogens with one attached hydrogen (secondary N) is 1. The smallest absolute Gasteiger partial charge is 0.332 e. The molecule has 2 aromatic rings. The van der Waals surface area contributed by atoms with Gasteiger partial charge in [0.25, 0.3) is 5.69 Å². The van der Waals surface area contributed by atoms with Gasteiger partial charge in [-0.3, -0.25) is 10.1 Å². The SMILES string of the molecule is NC(=O)NN=Cc1ccc(Oc2ccc([N+](=O)[O-])cc2)cc1. The van der Waals surface area contributed by atoms with Crippen LogP contribution < -0.4 is 15.9 Å². The van der Waals surface area contributed by atoms with Gasteiger partial charge in [-0.15, -0.1) is 0 Å². The van der Waals surface area contributed by atoms with Gasteiger partial charge in [-0.1, -0.05) is 0 Å². The molecule has 0 heterocycles. The summed E-state index contributed by atoms with van der Waals surface area (Å²) in [4.78, 5) is 20.5. The second-order valence-corrected chi connectivity index (χ2v) is 4.16. The second kappa shape index (κ2) is 6.84. The zero-order valence-corrected chi connectivity index (χ0v) is 11.3. The number of carbonyl (C=O) groups is 1. The number of hydrogen-bond acceptors (Lipinski definition) is 5. The summed E-state index contributed by atoms with van der Waals surface area (Å²) in [5.41, 5.74) is 7.70. The molecular formula is C14H12N4O4. The Morgan fingerprint density at radius 3 is 2.18 bits per heavy atom. The number of hydrogen-bond donors (Lipinski definition) is 2. The van der Waals surface area contributed by atoms with Crippen molar-refractivity contribution in [2.24, 2.45) is 10.8 Å². The summed E-state index contributed by atoms with van der Waals surface area (Å²) in [5.74, 6) is 1.05. The Morgan fingerprint density at radius 2 is 1.68 bits per heavy atom. The van der Waals surface area contributed by atoms with Crippen molar-refractivity contribution in [2.75, 3.05) is 0 Å². The monoisotopic (exact) mass is 300 g/mol. The molecule has 0 spiro atoms. The summed E-state index contributed by atoms with van der Waals surface area (Å²) < 4.78 is 5.55. The molecule has 0 radical (unpaired) electrons. The quantitative estimate of drug-likeness (QED) is 0.500. The molecule has 0 aliphatic rings. The molecule has 2 amide bonds. The van der Waals surface area contributed by atoms with Gasteiger partial charge in [0.15, 0.2) is 0 Å². The van der Waals surface area contributed by atoms with E-state index in [0.717, 1.165) is 5.56 Å². The summed E-state index contributed by atoms with van der Waals surface area (Å²) in [6.45, 7) is 0. The van der Waals surface area contributed by atoms with E-state index < -0.39 is 11.0 Å². The number of rotatable bonds is 5. The molecule has 0 atom stereocenters. The number of hydrazone groups is 1. The standard InChI is InChI=1S/C14H12N4O4/c15-14(19)17-16-9-10-1-5-12(6-2-10)22-13-7-3-11(4-8-13)18(20)21/h1-9H,(H3,15,17,19). The molecule has 0 aliphatic carbocycles. The van der Waals surface area contributed by atoms with Crippen LogP contribution in [0.1, 0.15) is 5.56 Å². The van der Waals surface area contributed by atoms with E-state index in [4.69, 9.17) is 10.5 Å². The van der Waals surface area contributed by atoms with E-state index in [0.29, 0.717) is 11.5 Å². The number of non-ortho nitro benzene ring substituents is 1. The molecule has 0 bridgehead atoms. The molecule has 8 nitrogen and oxygen atoms in total. The fraction of sp³-hybridized carbons (Fsp3) is 0. The first-order valence-electron chi connectivity index (χ1n) is 6.15. The van der Waals surface area contributed by atoms with Crippen LogP contribution >= 0.6 is 0 Å². The number of benzene rings is 2. The van der Waals surface area contributed by atoms with Crippen molar-refractivity contribution >= 4 is 17.9 Å².